The molecule has 94 valence electrons. The third-order valence-electron chi connectivity index (χ3n) is 3.16. The Hall–Kier alpha value is -0.180. The van der Waals surface area contributed by atoms with E-state index in [0.29, 0.717) is 27.1 Å². The van der Waals surface area contributed by atoms with Crippen LogP contribution in [0.5, 0.6) is 0 Å². The summed E-state index contributed by atoms with van der Waals surface area (Å²) in [6.07, 6.45) is 4.86. The van der Waals surface area contributed by atoms with Gasteiger partial charge in [-0.3, -0.25) is 0 Å². The van der Waals surface area contributed by atoms with Crippen molar-refractivity contribution in [3.63, 3.8) is 0 Å². The number of anilines is 1. The molecule has 0 bridgehead atoms. The van der Waals surface area contributed by atoms with E-state index < -0.39 is 0 Å². The van der Waals surface area contributed by atoms with Gasteiger partial charge in [-0.05, 0) is 24.8 Å². The average Bonchev–Trinajstić information content (AvgIpc) is 2.26. The van der Waals surface area contributed by atoms with Gasteiger partial charge in [0.2, 0.25) is 0 Å². The van der Waals surface area contributed by atoms with Gasteiger partial charge < -0.3 is 5.32 Å². The van der Waals surface area contributed by atoms with Crippen LogP contribution < -0.4 is 5.32 Å². The topological polar surface area (TPSA) is 24.9 Å². The second kappa shape index (κ2) is 5.64. The third-order valence-corrected chi connectivity index (χ3v) is 4.13. The molecule has 5 heteroatoms. The van der Waals surface area contributed by atoms with Crippen LogP contribution in [0.3, 0.4) is 0 Å². The maximum atomic E-state index is 6.09. The molecule has 1 aliphatic carbocycles. The van der Waals surface area contributed by atoms with Gasteiger partial charge >= 0.3 is 0 Å². The van der Waals surface area contributed by atoms with Gasteiger partial charge in [-0.2, -0.15) is 0 Å². The third kappa shape index (κ3) is 3.40. The van der Waals surface area contributed by atoms with Gasteiger partial charge in [0.05, 0.1) is 10.0 Å². The van der Waals surface area contributed by atoms with Crippen molar-refractivity contribution in [2.45, 2.75) is 38.6 Å². The van der Waals surface area contributed by atoms with Crippen LogP contribution in [-0.4, -0.2) is 11.0 Å². The Bertz CT molecular complexity index is 409. The maximum absolute atomic E-state index is 6.09. The molecule has 1 heterocycles. The highest BCUT2D eigenvalue weighted by Gasteiger charge is 2.20. The molecule has 0 amide bonds. The van der Waals surface area contributed by atoms with Crippen LogP contribution in [0.4, 0.5) is 5.82 Å². The van der Waals surface area contributed by atoms with Crippen molar-refractivity contribution in [2.75, 3.05) is 5.32 Å². The SMILES string of the molecule is CC1CCCC(Nc2nc(Cl)c(Cl)cc2Cl)C1. The summed E-state index contributed by atoms with van der Waals surface area (Å²) in [5.74, 6) is 1.39. The number of nitrogens with one attached hydrogen (secondary N) is 1. The summed E-state index contributed by atoms with van der Waals surface area (Å²) < 4.78 is 0. The van der Waals surface area contributed by atoms with E-state index in [4.69, 9.17) is 34.8 Å². The molecule has 0 saturated heterocycles. The fourth-order valence-electron chi connectivity index (χ4n) is 2.30. The summed E-state index contributed by atoms with van der Waals surface area (Å²) >= 11 is 17.8. The molecule has 1 aromatic heterocycles. The number of rotatable bonds is 2. The lowest BCUT2D eigenvalue weighted by atomic mass is 9.87. The van der Waals surface area contributed by atoms with E-state index in [0.717, 1.165) is 18.8 Å². The second-order valence-electron chi connectivity index (χ2n) is 4.70. The maximum Gasteiger partial charge on any atom is 0.150 e. The average molecular weight is 294 g/mol. The fourth-order valence-corrected chi connectivity index (χ4v) is 2.86. The minimum atomic E-state index is 0.294. The van der Waals surface area contributed by atoms with Crippen molar-refractivity contribution in [2.24, 2.45) is 5.92 Å². The molecule has 0 aromatic carbocycles. The van der Waals surface area contributed by atoms with Crippen molar-refractivity contribution in [3.8, 4) is 0 Å². The van der Waals surface area contributed by atoms with Gasteiger partial charge in [0.15, 0.2) is 0 Å². The van der Waals surface area contributed by atoms with E-state index in [1.807, 2.05) is 0 Å². The van der Waals surface area contributed by atoms with Crippen molar-refractivity contribution in [3.05, 3.63) is 21.3 Å². The number of aromatic nitrogens is 1. The van der Waals surface area contributed by atoms with Gasteiger partial charge in [-0.1, -0.05) is 54.6 Å². The summed E-state index contributed by atoms with van der Waals surface area (Å²) in [4.78, 5) is 4.18. The smallest absolute Gasteiger partial charge is 0.150 e. The Morgan fingerprint density at radius 2 is 2.00 bits per heavy atom. The first kappa shape index (κ1) is 13.3. The molecule has 0 radical (unpaired) electrons. The van der Waals surface area contributed by atoms with E-state index in [9.17, 15) is 0 Å². The van der Waals surface area contributed by atoms with Gasteiger partial charge in [0.1, 0.15) is 11.0 Å². The van der Waals surface area contributed by atoms with Gasteiger partial charge in [-0.15, -0.1) is 0 Å². The van der Waals surface area contributed by atoms with Crippen LogP contribution >= 0.6 is 34.8 Å². The summed E-state index contributed by atoms with van der Waals surface area (Å²) in [6.45, 7) is 2.28. The zero-order chi connectivity index (χ0) is 12.4. The molecule has 1 N–H and O–H groups in total. The minimum Gasteiger partial charge on any atom is -0.366 e. The fraction of sp³-hybridized carbons (Fsp3) is 0.583. The molecule has 2 atom stereocenters. The van der Waals surface area contributed by atoms with E-state index >= 15 is 0 Å². The van der Waals surface area contributed by atoms with E-state index in [1.165, 1.54) is 12.8 Å². The Morgan fingerprint density at radius 1 is 1.24 bits per heavy atom. The Balaban J connectivity index is 2.10. The van der Waals surface area contributed by atoms with Crippen LogP contribution in [0.1, 0.15) is 32.6 Å². The molecular weight excluding hydrogens is 279 g/mol. The highest BCUT2D eigenvalue weighted by Crippen LogP contribution is 2.32. The first-order chi connectivity index (χ1) is 8.06. The number of halogens is 3. The molecule has 0 aliphatic heterocycles. The Labute approximate surface area is 117 Å². The zero-order valence-corrected chi connectivity index (χ0v) is 11.9. The van der Waals surface area contributed by atoms with Gasteiger partial charge in [-0.25, -0.2) is 4.98 Å². The zero-order valence-electron chi connectivity index (χ0n) is 9.64. The van der Waals surface area contributed by atoms with Crippen LogP contribution in [-0.2, 0) is 0 Å². The lowest BCUT2D eigenvalue weighted by Gasteiger charge is -2.28. The Morgan fingerprint density at radius 3 is 2.71 bits per heavy atom. The van der Waals surface area contributed by atoms with Crippen LogP contribution in [0, 0.1) is 5.92 Å². The second-order valence-corrected chi connectivity index (χ2v) is 5.88. The number of nitrogens with zero attached hydrogens (tertiary/aromatic N) is 1. The van der Waals surface area contributed by atoms with Crippen molar-refractivity contribution < 1.29 is 0 Å². The molecule has 2 nitrogen and oxygen atoms in total. The van der Waals surface area contributed by atoms with Crippen molar-refractivity contribution in [1.82, 2.24) is 4.98 Å². The predicted octanol–water partition coefficient (Wildman–Crippen LogP) is 5.03. The van der Waals surface area contributed by atoms with Gasteiger partial charge in [0.25, 0.3) is 0 Å². The van der Waals surface area contributed by atoms with Crippen LogP contribution in [0.25, 0.3) is 0 Å². The molecule has 1 saturated carbocycles. The van der Waals surface area contributed by atoms with Gasteiger partial charge in [0, 0.05) is 6.04 Å². The highest BCUT2D eigenvalue weighted by atomic mass is 35.5. The first-order valence-electron chi connectivity index (χ1n) is 5.84. The van der Waals surface area contributed by atoms with E-state index in [-0.39, 0.29) is 0 Å². The quantitative estimate of drug-likeness (QED) is 0.773. The highest BCUT2D eigenvalue weighted by molar-refractivity contribution is 6.42. The number of pyridine rings is 1. The summed E-state index contributed by atoms with van der Waals surface area (Å²) in [6, 6.07) is 2.06. The number of hydrogen-bond acceptors (Lipinski definition) is 2. The molecule has 1 aliphatic rings. The van der Waals surface area contributed by atoms with Crippen molar-refractivity contribution in [1.29, 1.82) is 0 Å². The molecule has 0 spiro atoms. The standard InChI is InChI=1S/C12H15Cl3N2/c1-7-3-2-4-8(5-7)16-12-10(14)6-9(13)11(15)17-12/h6-8H,2-5H2,1H3,(H,16,17). The van der Waals surface area contributed by atoms with E-state index in [2.05, 4.69) is 17.2 Å². The van der Waals surface area contributed by atoms with Crippen LogP contribution in [0.15, 0.2) is 6.07 Å². The number of hydrogen-bond donors (Lipinski definition) is 1. The largest absolute Gasteiger partial charge is 0.366 e. The molecule has 2 rings (SSSR count). The molecule has 2 unspecified atom stereocenters. The minimum absolute atomic E-state index is 0.294. The first-order valence-corrected chi connectivity index (χ1v) is 6.97. The predicted molar refractivity (Wildman–Crippen MR) is 74.3 cm³/mol. The summed E-state index contributed by atoms with van der Waals surface area (Å²) in [5, 5.41) is 4.57. The molecular formula is C12H15Cl3N2. The summed E-state index contributed by atoms with van der Waals surface area (Å²) in [7, 11) is 0. The molecule has 1 fully saturated rings. The summed E-state index contributed by atoms with van der Waals surface area (Å²) in [5.41, 5.74) is 0. The van der Waals surface area contributed by atoms with Crippen LogP contribution in [0.2, 0.25) is 15.2 Å². The lowest BCUT2D eigenvalue weighted by Crippen LogP contribution is -2.26. The van der Waals surface area contributed by atoms with Crippen molar-refractivity contribution >= 4 is 40.6 Å². The molecule has 17 heavy (non-hydrogen) atoms. The normalized spacial score (nSPS) is 24.7. The monoisotopic (exact) mass is 292 g/mol. The lowest BCUT2D eigenvalue weighted by molar-refractivity contribution is 0.358. The van der Waals surface area contributed by atoms with E-state index in [1.54, 1.807) is 6.07 Å². The Kier molecular flexibility index (Phi) is 4.40. The molecule has 1 aromatic rings.